The van der Waals surface area contributed by atoms with Crippen molar-refractivity contribution in [2.45, 2.75) is 6.92 Å². The number of phenolic OH excluding ortho intramolecular Hbond substituents is 1. The number of nitrogens with zero attached hydrogens (tertiary/aromatic N) is 1. The van der Waals surface area contributed by atoms with E-state index in [1.165, 1.54) is 29.9 Å². The molecule has 0 bridgehead atoms. The lowest BCUT2D eigenvalue weighted by Gasteiger charge is -2.19. The number of carbonyl (C=O) groups is 3. The van der Waals surface area contributed by atoms with Crippen molar-refractivity contribution in [1.29, 1.82) is 0 Å². The molecule has 36 heavy (non-hydrogen) atoms. The van der Waals surface area contributed by atoms with Crippen molar-refractivity contribution in [2.75, 3.05) is 7.11 Å². The average Bonchev–Trinajstić information content (AvgIpc) is 3.32. The van der Waals surface area contributed by atoms with Gasteiger partial charge in [-0.05, 0) is 48.9 Å². The van der Waals surface area contributed by atoms with Crippen LogP contribution in [0.3, 0.4) is 0 Å². The van der Waals surface area contributed by atoms with E-state index < -0.39 is 23.3 Å². The first-order valence-corrected chi connectivity index (χ1v) is 11.5. The SMILES string of the molecule is COC(=O)c1ccc(C(=O)c2cc(Cl)c3n2-c2c([nH]c(Cl)c2Cl)C(=O)c2ccc(C)cc2O3)c(O)c1. The van der Waals surface area contributed by atoms with Crippen LogP contribution in [-0.2, 0) is 4.74 Å². The monoisotopic (exact) mass is 544 g/mol. The van der Waals surface area contributed by atoms with Crippen LogP contribution in [0, 0.1) is 6.92 Å². The van der Waals surface area contributed by atoms with Crippen LogP contribution in [0.25, 0.3) is 5.69 Å². The Morgan fingerprint density at radius 1 is 1.08 bits per heavy atom. The maximum atomic E-state index is 13.6. The zero-order valence-corrected chi connectivity index (χ0v) is 20.9. The molecule has 8 nitrogen and oxygen atoms in total. The van der Waals surface area contributed by atoms with Crippen LogP contribution < -0.4 is 4.74 Å². The molecule has 0 amide bonds. The van der Waals surface area contributed by atoms with Gasteiger partial charge in [0.05, 0.1) is 35.2 Å². The topological polar surface area (TPSA) is 111 Å². The minimum atomic E-state index is -0.683. The fourth-order valence-corrected chi connectivity index (χ4v) is 4.64. The van der Waals surface area contributed by atoms with Crippen molar-refractivity contribution in [2.24, 2.45) is 0 Å². The van der Waals surface area contributed by atoms with Crippen LogP contribution in [0.2, 0.25) is 15.2 Å². The highest BCUT2D eigenvalue weighted by molar-refractivity contribution is 6.43. The molecule has 0 atom stereocenters. The molecule has 0 radical (unpaired) electrons. The Hall–Kier alpha value is -3.72. The average molecular weight is 546 g/mol. The van der Waals surface area contributed by atoms with E-state index in [0.29, 0.717) is 0 Å². The summed E-state index contributed by atoms with van der Waals surface area (Å²) in [4.78, 5) is 41.7. The van der Waals surface area contributed by atoms with Gasteiger partial charge in [-0.1, -0.05) is 40.9 Å². The number of benzene rings is 2. The van der Waals surface area contributed by atoms with Crippen LogP contribution in [0.15, 0.2) is 42.5 Å². The second-order valence-corrected chi connectivity index (χ2v) is 9.14. The van der Waals surface area contributed by atoms with Gasteiger partial charge < -0.3 is 19.6 Å². The molecule has 0 aliphatic carbocycles. The number of rotatable bonds is 3. The molecule has 3 heterocycles. The fourth-order valence-electron chi connectivity index (χ4n) is 4.00. The molecule has 1 aliphatic rings. The third-order valence-electron chi connectivity index (χ3n) is 5.72. The molecule has 0 saturated carbocycles. The number of phenols is 1. The predicted octanol–water partition coefficient (Wildman–Crippen LogP) is 6.13. The van der Waals surface area contributed by atoms with Crippen molar-refractivity contribution >= 4 is 52.3 Å². The summed E-state index contributed by atoms with van der Waals surface area (Å²) >= 11 is 19.3. The lowest BCUT2D eigenvalue weighted by molar-refractivity contribution is 0.0599. The lowest BCUT2D eigenvalue weighted by atomic mass is 10.0. The summed E-state index contributed by atoms with van der Waals surface area (Å²) in [6.45, 7) is 1.83. The van der Waals surface area contributed by atoms with E-state index in [0.717, 1.165) is 11.6 Å². The van der Waals surface area contributed by atoms with Crippen LogP contribution in [0.1, 0.15) is 48.0 Å². The van der Waals surface area contributed by atoms with Gasteiger partial charge in [0.1, 0.15) is 32.4 Å². The molecule has 0 fully saturated rings. The molecule has 0 unspecified atom stereocenters. The highest BCUT2D eigenvalue weighted by atomic mass is 35.5. The summed E-state index contributed by atoms with van der Waals surface area (Å²) in [6, 6.07) is 10.1. The molecule has 2 aromatic heterocycles. The van der Waals surface area contributed by atoms with Gasteiger partial charge in [-0.25, -0.2) is 4.79 Å². The number of fused-ring (bicyclic) bond motifs is 4. The highest BCUT2D eigenvalue weighted by Crippen LogP contribution is 2.45. The third kappa shape index (κ3) is 3.65. The van der Waals surface area contributed by atoms with E-state index in [-0.39, 0.29) is 60.6 Å². The van der Waals surface area contributed by atoms with Crippen molar-refractivity contribution < 1.29 is 29.0 Å². The van der Waals surface area contributed by atoms with Gasteiger partial charge in [0.25, 0.3) is 0 Å². The number of nitrogens with one attached hydrogen (secondary N) is 1. The molecule has 11 heteroatoms. The molecule has 182 valence electrons. The maximum absolute atomic E-state index is 13.6. The van der Waals surface area contributed by atoms with Crippen LogP contribution >= 0.6 is 34.8 Å². The Bertz CT molecular complexity index is 1620. The standard InChI is InChI=1S/C25H15Cl3N2O6/c1-10-3-5-13-17(7-10)36-24-14(26)9-15(30(24)20-18(27)23(28)29-19(20)22(13)33)21(32)12-6-4-11(8-16(12)31)25(34)35-2/h3-9,29,31H,1-2H3. The number of carbonyl (C=O) groups excluding carboxylic acids is 3. The summed E-state index contributed by atoms with van der Waals surface area (Å²) in [5, 5.41) is 10.5. The highest BCUT2D eigenvalue weighted by Gasteiger charge is 2.34. The minimum Gasteiger partial charge on any atom is -0.507 e. The Balaban J connectivity index is 1.76. The van der Waals surface area contributed by atoms with E-state index in [4.69, 9.17) is 39.5 Å². The van der Waals surface area contributed by atoms with Crippen LogP contribution in [0.4, 0.5) is 0 Å². The van der Waals surface area contributed by atoms with Gasteiger partial charge in [-0.3, -0.25) is 14.2 Å². The number of ketones is 2. The quantitative estimate of drug-likeness (QED) is 0.208. The zero-order chi connectivity index (χ0) is 25.9. The minimum absolute atomic E-state index is 0.0175. The first kappa shape index (κ1) is 24.0. The molecule has 2 aromatic carbocycles. The van der Waals surface area contributed by atoms with E-state index in [1.807, 2.05) is 6.92 Å². The number of H-pyrrole nitrogens is 1. The van der Waals surface area contributed by atoms with Crippen molar-refractivity contribution in [1.82, 2.24) is 9.55 Å². The summed E-state index contributed by atoms with van der Waals surface area (Å²) < 4.78 is 12.0. The maximum Gasteiger partial charge on any atom is 0.337 e. The predicted molar refractivity (Wildman–Crippen MR) is 133 cm³/mol. The smallest absolute Gasteiger partial charge is 0.337 e. The van der Waals surface area contributed by atoms with Gasteiger partial charge in [0, 0.05) is 0 Å². The lowest BCUT2D eigenvalue weighted by Crippen LogP contribution is -2.16. The van der Waals surface area contributed by atoms with Crippen LogP contribution in [-0.4, -0.2) is 39.3 Å². The molecule has 5 rings (SSSR count). The molecule has 4 aromatic rings. The number of esters is 1. The third-order valence-corrected chi connectivity index (χ3v) is 6.74. The van der Waals surface area contributed by atoms with Crippen molar-refractivity contribution in [3.05, 3.63) is 91.3 Å². The summed E-state index contributed by atoms with van der Waals surface area (Å²) in [6.07, 6.45) is 0. The number of hydrogen-bond donors (Lipinski definition) is 2. The van der Waals surface area contributed by atoms with E-state index in [1.54, 1.807) is 18.2 Å². The molecule has 2 N–H and O–H groups in total. The number of aromatic hydroxyl groups is 1. The Kier molecular flexibility index (Phi) is 5.83. The van der Waals surface area contributed by atoms with E-state index in [2.05, 4.69) is 9.72 Å². The number of aromatic nitrogens is 2. The number of halogens is 3. The van der Waals surface area contributed by atoms with Gasteiger partial charge >= 0.3 is 5.97 Å². The second-order valence-electron chi connectivity index (χ2n) is 7.98. The Morgan fingerprint density at radius 2 is 1.83 bits per heavy atom. The molecule has 0 saturated heterocycles. The van der Waals surface area contributed by atoms with Crippen LogP contribution in [0.5, 0.6) is 17.4 Å². The van der Waals surface area contributed by atoms with Gasteiger partial charge in [-0.2, -0.15) is 0 Å². The molecule has 1 aliphatic heterocycles. The Morgan fingerprint density at radius 3 is 2.53 bits per heavy atom. The van der Waals surface area contributed by atoms with Gasteiger partial charge in [0.2, 0.25) is 17.4 Å². The second kappa shape index (κ2) is 8.74. The Labute approximate surface area is 218 Å². The van der Waals surface area contributed by atoms with E-state index in [9.17, 15) is 19.5 Å². The molecular formula is C25H15Cl3N2O6. The largest absolute Gasteiger partial charge is 0.507 e. The van der Waals surface area contributed by atoms with Crippen molar-refractivity contribution in [3.8, 4) is 23.1 Å². The summed E-state index contributed by atoms with van der Waals surface area (Å²) in [5.41, 5.74) is 0.996. The number of aromatic amines is 1. The van der Waals surface area contributed by atoms with E-state index >= 15 is 0 Å². The van der Waals surface area contributed by atoms with Crippen molar-refractivity contribution in [3.63, 3.8) is 0 Å². The number of hydrogen-bond acceptors (Lipinski definition) is 6. The first-order valence-electron chi connectivity index (χ1n) is 10.4. The van der Waals surface area contributed by atoms with Gasteiger partial charge in [0.15, 0.2) is 0 Å². The first-order chi connectivity index (χ1) is 17.1. The fraction of sp³-hybridized carbons (Fsp3) is 0.0800. The number of methoxy groups -OCH3 is 1. The zero-order valence-electron chi connectivity index (χ0n) is 18.6. The number of aryl methyl sites for hydroxylation is 1. The molecule has 0 spiro atoms. The summed E-state index contributed by atoms with van der Waals surface area (Å²) in [7, 11) is 1.20. The molecular weight excluding hydrogens is 531 g/mol. The summed E-state index contributed by atoms with van der Waals surface area (Å²) in [5.74, 6) is -2.05. The van der Waals surface area contributed by atoms with Gasteiger partial charge in [-0.15, -0.1) is 0 Å². The normalized spacial score (nSPS) is 12.1. The number of ether oxygens (including phenoxy) is 2.